The Labute approximate surface area is 186 Å². The molecule has 0 fully saturated rings. The predicted octanol–water partition coefficient (Wildman–Crippen LogP) is 3.84. The zero-order valence-electron chi connectivity index (χ0n) is 17.3. The van der Waals surface area contributed by atoms with E-state index in [1.54, 1.807) is 4.68 Å². The Balaban J connectivity index is 1.36. The van der Waals surface area contributed by atoms with Crippen LogP contribution < -0.4 is 10.3 Å². The molecular formula is C22H18N6O3S. The number of aromatic amines is 1. The van der Waals surface area contributed by atoms with Crippen LogP contribution in [0.25, 0.3) is 16.7 Å². The SMILES string of the molecule is Cc1ccc(C)c(OCc2nnc(Sc3nc4c(cnn4-c4ccccc4)c(=O)[nH]3)o2)c1. The van der Waals surface area contributed by atoms with Crippen molar-refractivity contribution in [2.75, 3.05) is 0 Å². The zero-order chi connectivity index (χ0) is 22.1. The van der Waals surface area contributed by atoms with Crippen molar-refractivity contribution in [3.05, 3.63) is 82.1 Å². The topological polar surface area (TPSA) is 112 Å². The number of aromatic nitrogens is 6. The lowest BCUT2D eigenvalue weighted by Gasteiger charge is -2.07. The predicted molar refractivity (Wildman–Crippen MR) is 118 cm³/mol. The molecule has 3 aromatic heterocycles. The normalized spacial score (nSPS) is 11.2. The molecule has 0 amide bonds. The monoisotopic (exact) mass is 446 g/mol. The first-order chi connectivity index (χ1) is 15.6. The van der Waals surface area contributed by atoms with Crippen molar-refractivity contribution in [3.63, 3.8) is 0 Å². The van der Waals surface area contributed by atoms with Crippen molar-refractivity contribution in [1.29, 1.82) is 0 Å². The summed E-state index contributed by atoms with van der Waals surface area (Å²) in [7, 11) is 0. The van der Waals surface area contributed by atoms with Crippen molar-refractivity contribution in [2.24, 2.45) is 0 Å². The Morgan fingerprint density at radius 3 is 2.81 bits per heavy atom. The number of para-hydroxylation sites is 1. The van der Waals surface area contributed by atoms with Crippen LogP contribution in [0.3, 0.4) is 0 Å². The number of hydrogen-bond donors (Lipinski definition) is 1. The molecule has 0 radical (unpaired) electrons. The molecule has 5 aromatic rings. The molecule has 5 rings (SSSR count). The first-order valence-electron chi connectivity index (χ1n) is 9.80. The zero-order valence-corrected chi connectivity index (χ0v) is 18.1. The summed E-state index contributed by atoms with van der Waals surface area (Å²) in [6.45, 7) is 4.12. The van der Waals surface area contributed by atoms with E-state index in [-0.39, 0.29) is 17.4 Å². The summed E-state index contributed by atoms with van der Waals surface area (Å²) in [6, 6.07) is 15.5. The van der Waals surface area contributed by atoms with Gasteiger partial charge < -0.3 is 14.1 Å². The van der Waals surface area contributed by atoms with E-state index in [0.717, 1.165) is 34.3 Å². The van der Waals surface area contributed by atoms with Crippen LogP contribution in [0.5, 0.6) is 5.75 Å². The van der Waals surface area contributed by atoms with Gasteiger partial charge in [-0.05, 0) is 43.2 Å². The molecule has 0 unspecified atom stereocenters. The third-order valence-corrected chi connectivity index (χ3v) is 5.47. The minimum atomic E-state index is -0.294. The van der Waals surface area contributed by atoms with Gasteiger partial charge in [-0.3, -0.25) is 4.79 Å². The number of benzene rings is 2. The molecule has 10 heteroatoms. The standard InChI is InChI=1S/C22H18N6O3S/c1-13-8-9-14(2)17(10-13)30-12-18-26-27-22(31-18)32-21-24-19-16(20(29)25-21)11-23-28(19)15-6-4-3-5-7-15/h3-11H,12H2,1-2H3,(H,24,25,29). The average Bonchev–Trinajstić information content (AvgIpc) is 3.42. The van der Waals surface area contributed by atoms with E-state index in [1.165, 1.54) is 6.20 Å². The maximum absolute atomic E-state index is 12.5. The van der Waals surface area contributed by atoms with Gasteiger partial charge in [0.25, 0.3) is 16.7 Å². The van der Waals surface area contributed by atoms with Gasteiger partial charge in [0.05, 0.1) is 11.9 Å². The molecule has 0 aliphatic heterocycles. The summed E-state index contributed by atoms with van der Waals surface area (Å²) in [5.41, 5.74) is 3.08. The van der Waals surface area contributed by atoms with E-state index < -0.39 is 0 Å². The van der Waals surface area contributed by atoms with Crippen LogP contribution in [0.15, 0.2) is 74.3 Å². The van der Waals surface area contributed by atoms with Crippen LogP contribution in [-0.4, -0.2) is 29.9 Å². The second-order valence-electron chi connectivity index (χ2n) is 7.12. The molecule has 0 aliphatic rings. The second-order valence-corrected chi connectivity index (χ2v) is 8.06. The van der Waals surface area contributed by atoms with Gasteiger partial charge in [0.15, 0.2) is 17.4 Å². The van der Waals surface area contributed by atoms with Crippen LogP contribution in [0.2, 0.25) is 0 Å². The van der Waals surface area contributed by atoms with Crippen LogP contribution in [0, 0.1) is 13.8 Å². The molecule has 9 nitrogen and oxygen atoms in total. The number of ether oxygens (including phenoxy) is 1. The number of nitrogens with one attached hydrogen (secondary N) is 1. The molecule has 0 spiro atoms. The summed E-state index contributed by atoms with van der Waals surface area (Å²) in [6.07, 6.45) is 1.50. The highest BCUT2D eigenvalue weighted by Gasteiger charge is 2.15. The van der Waals surface area contributed by atoms with Gasteiger partial charge in [-0.25, -0.2) is 9.67 Å². The van der Waals surface area contributed by atoms with Crippen molar-refractivity contribution < 1.29 is 9.15 Å². The first kappa shape index (κ1) is 20.0. The largest absolute Gasteiger partial charge is 0.484 e. The van der Waals surface area contributed by atoms with Crippen molar-refractivity contribution in [1.82, 2.24) is 29.9 Å². The molecule has 2 aromatic carbocycles. The van der Waals surface area contributed by atoms with E-state index >= 15 is 0 Å². The quantitative estimate of drug-likeness (QED) is 0.392. The maximum atomic E-state index is 12.5. The van der Waals surface area contributed by atoms with Gasteiger partial charge in [0.1, 0.15) is 11.1 Å². The minimum Gasteiger partial charge on any atom is -0.484 e. The van der Waals surface area contributed by atoms with E-state index in [0.29, 0.717) is 22.1 Å². The molecule has 1 N–H and O–H groups in total. The molecule has 0 bridgehead atoms. The van der Waals surface area contributed by atoms with E-state index in [9.17, 15) is 4.79 Å². The van der Waals surface area contributed by atoms with Gasteiger partial charge in [0.2, 0.25) is 0 Å². The smallest absolute Gasteiger partial charge is 0.284 e. The molecule has 160 valence electrons. The average molecular weight is 446 g/mol. The lowest BCUT2D eigenvalue weighted by atomic mass is 10.1. The van der Waals surface area contributed by atoms with Gasteiger partial charge in [-0.1, -0.05) is 30.3 Å². The highest BCUT2D eigenvalue weighted by atomic mass is 32.2. The summed E-state index contributed by atoms with van der Waals surface area (Å²) < 4.78 is 13.1. The van der Waals surface area contributed by atoms with Crippen molar-refractivity contribution in [2.45, 2.75) is 30.8 Å². The van der Waals surface area contributed by atoms with Crippen LogP contribution in [0.1, 0.15) is 17.0 Å². The van der Waals surface area contributed by atoms with Gasteiger partial charge >= 0.3 is 0 Å². The van der Waals surface area contributed by atoms with Gasteiger partial charge in [-0.2, -0.15) is 5.10 Å². The first-order valence-corrected chi connectivity index (χ1v) is 10.6. The Hall–Kier alpha value is -3.92. The lowest BCUT2D eigenvalue weighted by molar-refractivity contribution is 0.250. The Kier molecular flexibility index (Phi) is 5.20. The molecule has 0 atom stereocenters. The van der Waals surface area contributed by atoms with Crippen LogP contribution >= 0.6 is 11.8 Å². The maximum Gasteiger partial charge on any atom is 0.284 e. The molecule has 0 aliphatic carbocycles. The molecule has 32 heavy (non-hydrogen) atoms. The summed E-state index contributed by atoms with van der Waals surface area (Å²) in [5.74, 6) is 1.09. The highest BCUT2D eigenvalue weighted by Crippen LogP contribution is 2.25. The fraction of sp³-hybridized carbons (Fsp3) is 0.136. The van der Waals surface area contributed by atoms with E-state index in [4.69, 9.17) is 9.15 Å². The third kappa shape index (κ3) is 4.00. The Morgan fingerprint density at radius 1 is 1.12 bits per heavy atom. The summed E-state index contributed by atoms with van der Waals surface area (Å²) in [4.78, 5) is 19.8. The van der Waals surface area contributed by atoms with Gasteiger partial charge in [-0.15, -0.1) is 10.2 Å². The number of H-pyrrole nitrogens is 1. The Bertz CT molecular complexity index is 1460. The molecular weight excluding hydrogens is 428 g/mol. The minimum absolute atomic E-state index is 0.140. The second kappa shape index (κ2) is 8.31. The van der Waals surface area contributed by atoms with E-state index in [2.05, 4.69) is 25.3 Å². The number of rotatable bonds is 6. The number of aryl methyl sites for hydroxylation is 2. The van der Waals surface area contributed by atoms with Crippen molar-refractivity contribution in [3.8, 4) is 11.4 Å². The van der Waals surface area contributed by atoms with Crippen LogP contribution in [-0.2, 0) is 6.61 Å². The number of fused-ring (bicyclic) bond motifs is 1. The summed E-state index contributed by atoms with van der Waals surface area (Å²) in [5, 5.41) is 13.3. The fourth-order valence-electron chi connectivity index (χ4n) is 3.13. The lowest BCUT2D eigenvalue weighted by Crippen LogP contribution is -2.09. The number of nitrogens with zero attached hydrogens (tertiary/aromatic N) is 5. The van der Waals surface area contributed by atoms with E-state index in [1.807, 2.05) is 62.4 Å². The van der Waals surface area contributed by atoms with Crippen molar-refractivity contribution >= 4 is 22.8 Å². The van der Waals surface area contributed by atoms with Crippen LogP contribution in [0.4, 0.5) is 0 Å². The molecule has 3 heterocycles. The third-order valence-electron chi connectivity index (χ3n) is 4.74. The Morgan fingerprint density at radius 2 is 1.97 bits per heavy atom. The fourth-order valence-corrected chi connectivity index (χ4v) is 3.79. The number of hydrogen-bond acceptors (Lipinski definition) is 8. The van der Waals surface area contributed by atoms with Gasteiger partial charge in [0, 0.05) is 11.8 Å². The highest BCUT2D eigenvalue weighted by molar-refractivity contribution is 7.98. The molecule has 0 saturated heterocycles. The summed E-state index contributed by atoms with van der Waals surface area (Å²) >= 11 is 1.07. The molecule has 0 saturated carbocycles.